The predicted molar refractivity (Wildman–Crippen MR) is 56.0 cm³/mol. The van der Waals surface area contributed by atoms with Gasteiger partial charge < -0.3 is 25.2 Å². The predicted octanol–water partition coefficient (Wildman–Crippen LogP) is -4.07. The first-order valence-corrected chi connectivity index (χ1v) is 5.29. The van der Waals surface area contributed by atoms with Crippen molar-refractivity contribution in [3.05, 3.63) is 12.3 Å². The van der Waals surface area contributed by atoms with Crippen molar-refractivity contribution in [2.75, 3.05) is 6.61 Å². The van der Waals surface area contributed by atoms with E-state index in [4.69, 9.17) is 15.6 Å². The molecule has 0 saturated carbocycles. The van der Waals surface area contributed by atoms with Crippen LogP contribution >= 0.6 is 0 Å². The number of hydrogen-bond donors (Lipinski definition) is 6. The number of rotatable bonds is 2. The van der Waals surface area contributed by atoms with E-state index in [1.807, 2.05) is 5.32 Å². The molecule has 2 rings (SSSR count). The summed E-state index contributed by atoms with van der Waals surface area (Å²) in [6.07, 6.45) is -2.68. The molecule has 1 saturated heterocycles. The summed E-state index contributed by atoms with van der Waals surface area (Å²) in [6, 6.07) is 0. The van der Waals surface area contributed by atoms with Crippen LogP contribution in [0.5, 0.6) is 0 Å². The molecule has 2 aliphatic heterocycles. The van der Waals surface area contributed by atoms with Crippen LogP contribution in [-0.4, -0.2) is 68.4 Å². The number of hydrogen-bond acceptors (Lipinski definition) is 8. The van der Waals surface area contributed by atoms with Crippen LogP contribution in [0.25, 0.3) is 0 Å². The summed E-state index contributed by atoms with van der Waals surface area (Å²) in [5.74, 6) is -2.86. The second-order valence-corrected chi connectivity index (χ2v) is 4.17. The van der Waals surface area contributed by atoms with Gasteiger partial charge in [0.1, 0.15) is 18.3 Å². The van der Waals surface area contributed by atoms with Crippen LogP contribution in [0.15, 0.2) is 12.3 Å². The van der Waals surface area contributed by atoms with Gasteiger partial charge in [-0.2, -0.15) is 0 Å². The lowest BCUT2D eigenvalue weighted by Crippen LogP contribution is -2.70. The number of nitrogens with one attached hydrogen (secondary N) is 1. The average molecular weight is 261 g/mol. The average Bonchev–Trinajstić information content (AvgIpc) is 2.55. The maximum atomic E-state index is 11.0. The molecule has 1 unspecified atom stereocenters. The summed E-state index contributed by atoms with van der Waals surface area (Å²) in [6.45, 7) is -0.498. The molecule has 9 heteroatoms. The highest BCUT2D eigenvalue weighted by Crippen LogP contribution is 2.27. The van der Waals surface area contributed by atoms with Gasteiger partial charge in [-0.05, 0) is 0 Å². The molecule has 0 bridgehead atoms. The molecule has 18 heavy (non-hydrogen) atoms. The van der Waals surface area contributed by atoms with Crippen LogP contribution < -0.4 is 11.1 Å². The molecule has 0 aromatic carbocycles. The van der Waals surface area contributed by atoms with E-state index in [-0.39, 0.29) is 0 Å². The Morgan fingerprint density at radius 1 is 1.50 bits per heavy atom. The second kappa shape index (κ2) is 4.46. The summed E-state index contributed by atoms with van der Waals surface area (Å²) in [4.78, 5) is 12.0. The van der Waals surface area contributed by atoms with Crippen LogP contribution in [0, 0.1) is 0 Å². The molecule has 102 valence electrons. The summed E-state index contributed by atoms with van der Waals surface area (Å²) in [5, 5.41) is 40.2. The highest BCUT2D eigenvalue weighted by molar-refractivity contribution is 5.88. The van der Waals surface area contributed by atoms with Gasteiger partial charge in [-0.1, -0.05) is 0 Å². The van der Waals surface area contributed by atoms with Crippen LogP contribution in [0.1, 0.15) is 0 Å². The first kappa shape index (κ1) is 13.2. The zero-order chi connectivity index (χ0) is 13.5. The fourth-order valence-corrected chi connectivity index (χ4v) is 1.94. The largest absolute Gasteiger partial charge is 0.394 e. The number of ether oxygens (including phenoxy) is 1. The third-order valence-corrected chi connectivity index (χ3v) is 2.88. The Morgan fingerprint density at radius 3 is 2.67 bits per heavy atom. The normalized spacial score (nSPS) is 44.3. The van der Waals surface area contributed by atoms with E-state index in [0.717, 1.165) is 17.2 Å². The minimum Gasteiger partial charge on any atom is -0.394 e. The van der Waals surface area contributed by atoms with Crippen molar-refractivity contribution < 1.29 is 30.0 Å². The third kappa shape index (κ3) is 2.07. The molecular weight excluding hydrogens is 246 g/mol. The van der Waals surface area contributed by atoms with E-state index >= 15 is 0 Å². The van der Waals surface area contributed by atoms with E-state index in [1.54, 1.807) is 0 Å². The molecule has 2 heterocycles. The molecule has 9 nitrogen and oxygen atoms in total. The zero-order valence-corrected chi connectivity index (χ0v) is 9.30. The van der Waals surface area contributed by atoms with Crippen LogP contribution in [0.3, 0.4) is 0 Å². The van der Waals surface area contributed by atoms with Gasteiger partial charge in [0.25, 0.3) is 5.97 Å². The lowest BCUT2D eigenvalue weighted by atomic mass is 10.1. The summed E-state index contributed by atoms with van der Waals surface area (Å²) in [7, 11) is 0. The molecule has 0 radical (unpaired) electrons. The topological polar surface area (TPSA) is 149 Å². The first-order chi connectivity index (χ1) is 8.36. The molecule has 7 N–H and O–H groups in total. The van der Waals surface area contributed by atoms with Gasteiger partial charge >= 0.3 is 0 Å². The fourth-order valence-electron chi connectivity index (χ4n) is 1.94. The molecule has 1 fully saturated rings. The van der Waals surface area contributed by atoms with Crippen molar-refractivity contribution in [3.8, 4) is 0 Å². The number of aliphatic hydroxyl groups excluding tert-OH is 3. The van der Waals surface area contributed by atoms with Crippen LogP contribution in [-0.2, 0) is 9.53 Å². The van der Waals surface area contributed by atoms with Crippen molar-refractivity contribution in [1.82, 2.24) is 10.2 Å². The van der Waals surface area contributed by atoms with Gasteiger partial charge in [0.15, 0.2) is 6.23 Å². The van der Waals surface area contributed by atoms with E-state index in [9.17, 15) is 20.1 Å². The Morgan fingerprint density at radius 2 is 2.17 bits per heavy atom. The number of carbonyl (C=O) groups is 1. The highest BCUT2D eigenvalue weighted by atomic mass is 16.6. The summed E-state index contributed by atoms with van der Waals surface area (Å²) in [5.41, 5.74) is 5.45. The summed E-state index contributed by atoms with van der Waals surface area (Å²) < 4.78 is 5.18. The van der Waals surface area contributed by atoms with Crippen LogP contribution in [0.2, 0.25) is 0 Å². The molecule has 1 amide bonds. The molecular formula is C9H15N3O6. The number of carbonyl (C=O) groups excluding carboxylic acids is 1. The fraction of sp³-hybridized carbons (Fsp3) is 0.667. The molecule has 0 spiro atoms. The molecule has 5 atom stereocenters. The maximum Gasteiger partial charge on any atom is 0.281 e. The van der Waals surface area contributed by atoms with Crippen LogP contribution in [0.4, 0.5) is 0 Å². The number of amides is 1. The Balaban J connectivity index is 2.21. The van der Waals surface area contributed by atoms with E-state index < -0.39 is 43.0 Å². The lowest BCUT2D eigenvalue weighted by Gasteiger charge is -2.41. The smallest absolute Gasteiger partial charge is 0.281 e. The van der Waals surface area contributed by atoms with Gasteiger partial charge in [0, 0.05) is 12.3 Å². The second-order valence-electron chi connectivity index (χ2n) is 4.17. The minimum absolute atomic E-state index is 0.498. The zero-order valence-electron chi connectivity index (χ0n) is 9.30. The minimum atomic E-state index is -2.25. The van der Waals surface area contributed by atoms with Crippen molar-refractivity contribution in [3.63, 3.8) is 0 Å². The Hall–Kier alpha value is -1.23. The van der Waals surface area contributed by atoms with Crippen molar-refractivity contribution in [2.24, 2.45) is 5.73 Å². The van der Waals surface area contributed by atoms with Gasteiger partial charge in [-0.15, -0.1) is 0 Å². The Bertz CT molecular complexity index is 373. The number of nitrogens with zero attached hydrogens (tertiary/aromatic N) is 1. The van der Waals surface area contributed by atoms with Crippen molar-refractivity contribution in [1.29, 1.82) is 0 Å². The monoisotopic (exact) mass is 261 g/mol. The number of nitrogens with two attached hydrogens (primary N) is 1. The molecule has 0 aromatic rings. The third-order valence-electron chi connectivity index (χ3n) is 2.88. The van der Waals surface area contributed by atoms with Gasteiger partial charge in [0.05, 0.1) is 6.61 Å². The van der Waals surface area contributed by atoms with Gasteiger partial charge in [-0.25, -0.2) is 0 Å². The first-order valence-electron chi connectivity index (χ1n) is 5.29. The summed E-state index contributed by atoms with van der Waals surface area (Å²) >= 11 is 0. The Kier molecular flexibility index (Phi) is 3.27. The lowest BCUT2D eigenvalue weighted by molar-refractivity contribution is -0.201. The van der Waals surface area contributed by atoms with Gasteiger partial charge in [0.2, 0.25) is 5.91 Å². The van der Waals surface area contributed by atoms with Crippen molar-refractivity contribution in [2.45, 2.75) is 30.5 Å². The quantitative estimate of drug-likeness (QED) is 0.275. The van der Waals surface area contributed by atoms with E-state index in [2.05, 4.69) is 0 Å². The number of aliphatic hydroxyl groups is 4. The van der Waals surface area contributed by atoms with E-state index in [0.29, 0.717) is 0 Å². The van der Waals surface area contributed by atoms with Gasteiger partial charge in [-0.3, -0.25) is 20.7 Å². The van der Waals surface area contributed by atoms with Crippen molar-refractivity contribution >= 4 is 5.91 Å². The van der Waals surface area contributed by atoms with E-state index in [1.165, 1.54) is 0 Å². The molecule has 0 aromatic heterocycles. The standard InChI is InChI=1S/C9H15N3O6/c10-9(17)11-5(14)1-2-12(9)8-7(16)6(15)4(3-13)18-8/h1-2,4,6-8,13,15-17H,3,10H2,(H,11,14)/t4-,6-,7-,8-,9?/m1/s1. The molecule has 2 aliphatic rings. The Labute approximate surface area is 102 Å². The molecule has 0 aliphatic carbocycles. The maximum absolute atomic E-state index is 11.0. The highest BCUT2D eigenvalue weighted by Gasteiger charge is 2.50. The SMILES string of the molecule is NC1(O)NC(=O)C=CN1[C@@H]1O[C@H](CO)[C@@H](O)[C@H]1O.